The molecule has 0 aliphatic carbocycles. The van der Waals surface area contributed by atoms with Gasteiger partial charge in [-0.05, 0) is 0 Å². The topological polar surface area (TPSA) is 0 Å². The second-order valence-corrected chi connectivity index (χ2v) is 71.3. The minimum absolute atomic E-state index is 0.487. The average molecular weight is 599 g/mol. The van der Waals surface area contributed by atoms with Gasteiger partial charge in [0.05, 0.1) is 0 Å². The van der Waals surface area contributed by atoms with Crippen molar-refractivity contribution in [1.29, 1.82) is 0 Å². The normalized spacial score (nSPS) is 22.8. The van der Waals surface area contributed by atoms with Crippen LogP contribution in [-0.2, 0) is 0 Å². The Morgan fingerprint density at radius 3 is 0.417 bits per heavy atom. The largest absolute Gasteiger partial charge is 0.258 e. The van der Waals surface area contributed by atoms with E-state index in [4.69, 9.17) is 0 Å². The van der Waals surface area contributed by atoms with Crippen molar-refractivity contribution >= 4 is 44.1 Å². The van der Waals surface area contributed by atoms with E-state index in [0.717, 1.165) is 55.4 Å². The van der Waals surface area contributed by atoms with Crippen molar-refractivity contribution < 1.29 is 0 Å². The summed E-state index contributed by atoms with van der Waals surface area (Å²) in [6.07, 6.45) is 0. The van der Waals surface area contributed by atoms with Crippen LogP contribution in [0.5, 0.6) is 0 Å². The third-order valence-electron chi connectivity index (χ3n) is 11.6. The Morgan fingerprint density at radius 1 is 0.250 bits per heavy atom. The standard InChI is InChI=1S/C30H70Si6/c1-21(2)31-33(23(5)6,24(7)8)35(27(13)14,28(15)16)32(22(3)4)36(29(17)18,30(19)20)34(31,25(9)10)26(11)12/h21-30H,1-20H3/q-2. The summed E-state index contributed by atoms with van der Waals surface area (Å²) in [7, 11) is -7.46. The molecule has 0 N–H and O–H groups in total. The third-order valence-corrected chi connectivity index (χ3v) is 141. The maximum atomic E-state index is 2.80. The first-order valence-corrected chi connectivity index (χ1v) is 33.7. The first-order valence-electron chi connectivity index (χ1n) is 15.9. The van der Waals surface area contributed by atoms with Gasteiger partial charge < -0.3 is 0 Å². The monoisotopic (exact) mass is 598 g/mol. The second-order valence-electron chi connectivity index (χ2n) is 15.9. The van der Waals surface area contributed by atoms with Gasteiger partial charge in [-0.3, -0.25) is 15.7 Å². The van der Waals surface area contributed by atoms with E-state index in [9.17, 15) is 0 Å². The van der Waals surface area contributed by atoms with E-state index in [2.05, 4.69) is 138 Å². The van der Waals surface area contributed by atoms with Gasteiger partial charge >= 0.3 is 0 Å². The lowest BCUT2D eigenvalue weighted by atomic mass is 10.5. The average Bonchev–Trinajstić information content (AvgIpc) is 2.68. The summed E-state index contributed by atoms with van der Waals surface area (Å²) in [4.78, 5) is 0. The van der Waals surface area contributed by atoms with Crippen LogP contribution in [0.3, 0.4) is 0 Å². The summed E-state index contributed by atoms with van der Waals surface area (Å²) in [5, 5.41) is 0. The quantitative estimate of drug-likeness (QED) is 0.219. The Balaban J connectivity index is 4.96. The first kappa shape index (κ1) is 35.3. The minimum Gasteiger partial charge on any atom is -0.258 e. The molecule has 0 bridgehead atoms. The van der Waals surface area contributed by atoms with E-state index in [1.54, 1.807) is 0 Å². The molecule has 0 saturated carbocycles. The zero-order valence-electron chi connectivity index (χ0n) is 28.8. The van der Waals surface area contributed by atoms with Gasteiger partial charge in [0.1, 0.15) is 0 Å². The molecule has 1 aliphatic rings. The van der Waals surface area contributed by atoms with Crippen LogP contribution in [0, 0.1) is 0 Å². The van der Waals surface area contributed by atoms with Gasteiger partial charge in [0.2, 0.25) is 0 Å². The van der Waals surface area contributed by atoms with E-state index in [1.165, 1.54) is 0 Å². The van der Waals surface area contributed by atoms with Crippen LogP contribution >= 0.6 is 0 Å². The van der Waals surface area contributed by atoms with Crippen molar-refractivity contribution in [2.24, 2.45) is 0 Å². The summed E-state index contributed by atoms with van der Waals surface area (Å²) in [5.41, 5.74) is 9.57. The van der Waals surface area contributed by atoms with Crippen LogP contribution in [0.15, 0.2) is 0 Å². The van der Waals surface area contributed by atoms with Crippen molar-refractivity contribution in [3.8, 4) is 0 Å². The van der Waals surface area contributed by atoms with E-state index in [1.807, 2.05) is 0 Å². The highest BCUT2D eigenvalue weighted by Gasteiger charge is 2.69. The minimum atomic E-state index is -1.62. The van der Waals surface area contributed by atoms with Crippen LogP contribution in [0.4, 0.5) is 0 Å². The zero-order chi connectivity index (χ0) is 28.9. The van der Waals surface area contributed by atoms with Gasteiger partial charge in [0.25, 0.3) is 0 Å². The molecule has 0 radical (unpaired) electrons. The Hall–Kier alpha value is 1.30. The van der Waals surface area contributed by atoms with Crippen LogP contribution in [-0.4, -0.2) is 44.1 Å². The summed E-state index contributed by atoms with van der Waals surface area (Å²) < 4.78 is 0. The molecule has 0 spiro atoms. The fraction of sp³-hybridized carbons (Fsp3) is 1.00. The maximum Gasteiger partial charge on any atom is -0.0681 e. The van der Waals surface area contributed by atoms with E-state index in [0.29, 0.717) is 0 Å². The Kier molecular flexibility index (Phi) is 11.8. The molecule has 1 heterocycles. The molecule has 216 valence electrons. The van der Waals surface area contributed by atoms with Crippen molar-refractivity contribution in [3.63, 3.8) is 0 Å². The lowest BCUT2D eigenvalue weighted by Crippen LogP contribution is -3.03. The molecule has 1 aliphatic heterocycles. The molecule has 0 atom stereocenters. The molecular formula is C30H70Si6-2. The highest BCUT2D eigenvalue weighted by Crippen LogP contribution is 2.68. The van der Waals surface area contributed by atoms with Gasteiger partial charge in [-0.1, -0.05) is 183 Å². The van der Waals surface area contributed by atoms with Gasteiger partial charge in [-0.15, -0.1) is 28.4 Å². The molecule has 0 nitrogen and oxygen atoms in total. The highest BCUT2D eigenvalue weighted by molar-refractivity contribution is 8.10. The van der Waals surface area contributed by atoms with Gasteiger partial charge in [-0.25, -0.2) is 0 Å². The zero-order valence-corrected chi connectivity index (χ0v) is 34.8. The van der Waals surface area contributed by atoms with Crippen molar-refractivity contribution in [1.82, 2.24) is 0 Å². The van der Waals surface area contributed by atoms with Crippen LogP contribution in [0.1, 0.15) is 138 Å². The second kappa shape index (κ2) is 12.0. The molecule has 0 aromatic heterocycles. The SMILES string of the molecule is CC(C)[Si-]1[Si](C(C)C)(C(C)C)[Si](C(C)C)(C(C)C)[Si-](C(C)C)[Si](C(C)C)(C(C)C)[Si]1(C(C)C)C(C)C. The van der Waals surface area contributed by atoms with E-state index < -0.39 is 44.1 Å². The number of rotatable bonds is 10. The molecule has 1 rings (SSSR count). The number of hydrogen-bond acceptors (Lipinski definition) is 0. The smallest absolute Gasteiger partial charge is 0.0681 e. The third kappa shape index (κ3) is 4.21. The summed E-state index contributed by atoms with van der Waals surface area (Å²) in [6, 6.07) is 0. The first-order chi connectivity index (χ1) is 16.2. The Labute approximate surface area is 237 Å². The molecule has 6 heteroatoms. The van der Waals surface area contributed by atoms with Crippen LogP contribution in [0.25, 0.3) is 0 Å². The summed E-state index contributed by atoms with van der Waals surface area (Å²) in [5.74, 6) is 0. The van der Waals surface area contributed by atoms with Crippen LogP contribution < -0.4 is 0 Å². The molecule has 0 aromatic carbocycles. The number of hydrogen-bond donors (Lipinski definition) is 0. The van der Waals surface area contributed by atoms with Gasteiger partial charge in [-0.2, -0.15) is 11.1 Å². The van der Waals surface area contributed by atoms with Gasteiger partial charge in [0, 0.05) is 0 Å². The van der Waals surface area contributed by atoms with Gasteiger partial charge in [0.15, 0.2) is 0 Å². The summed E-state index contributed by atoms with van der Waals surface area (Å²) >= 11 is 0. The maximum absolute atomic E-state index is 2.80. The Morgan fingerprint density at radius 2 is 0.361 bits per heavy atom. The predicted molar refractivity (Wildman–Crippen MR) is 186 cm³/mol. The lowest BCUT2D eigenvalue weighted by molar-refractivity contribution is 0.864. The molecule has 0 unspecified atom stereocenters. The molecular weight excluding hydrogens is 529 g/mol. The molecule has 0 amide bonds. The van der Waals surface area contributed by atoms with E-state index >= 15 is 0 Å². The fourth-order valence-corrected chi connectivity index (χ4v) is 256. The van der Waals surface area contributed by atoms with Crippen molar-refractivity contribution in [2.75, 3.05) is 0 Å². The Bertz CT molecular complexity index is 560. The predicted octanol–water partition coefficient (Wildman–Crippen LogP) is 11.4. The molecule has 36 heavy (non-hydrogen) atoms. The summed E-state index contributed by atoms with van der Waals surface area (Å²) in [6.45, 7) is 55.9. The van der Waals surface area contributed by atoms with Crippen LogP contribution in [0.2, 0.25) is 55.4 Å². The molecule has 1 fully saturated rings. The lowest BCUT2D eigenvalue weighted by Gasteiger charge is -2.95. The fourth-order valence-electron chi connectivity index (χ4n) is 12.5. The highest BCUT2D eigenvalue weighted by atomic mass is 30.2. The van der Waals surface area contributed by atoms with Crippen molar-refractivity contribution in [2.45, 2.75) is 194 Å². The van der Waals surface area contributed by atoms with Crippen molar-refractivity contribution in [3.05, 3.63) is 0 Å². The molecule has 0 aromatic rings. The molecule has 1 saturated heterocycles. The van der Waals surface area contributed by atoms with E-state index in [-0.39, 0.29) is 0 Å².